The van der Waals surface area contributed by atoms with Crippen LogP contribution in [0.1, 0.15) is 12.8 Å². The van der Waals surface area contributed by atoms with Crippen molar-refractivity contribution in [3.63, 3.8) is 0 Å². The number of amides is 1. The Balaban J connectivity index is 1.66. The first-order chi connectivity index (χ1) is 6.34. The summed E-state index contributed by atoms with van der Waals surface area (Å²) in [4.78, 5) is 13.6. The van der Waals surface area contributed by atoms with Crippen LogP contribution in [0.15, 0.2) is 0 Å². The maximum atomic E-state index is 11.5. The molecule has 4 heteroatoms. The lowest BCUT2D eigenvalue weighted by Crippen LogP contribution is -2.52. The molecule has 1 aliphatic carbocycles. The molecule has 0 radical (unpaired) electrons. The summed E-state index contributed by atoms with van der Waals surface area (Å²) in [7, 11) is 0. The van der Waals surface area contributed by atoms with E-state index in [-0.39, 0.29) is 5.91 Å². The van der Waals surface area contributed by atoms with Crippen LogP contribution < -0.4 is 5.32 Å². The monoisotopic (exact) mass is 182 g/mol. The van der Waals surface area contributed by atoms with Crippen LogP contribution in [-0.2, 0) is 9.53 Å². The zero-order valence-electron chi connectivity index (χ0n) is 7.53. The molecule has 72 valence electrons. The molecule has 0 aromatic heterocycles. The Morgan fingerprint density at radius 3 is 2.85 bits per heavy atom. The van der Waals surface area contributed by atoms with Crippen molar-refractivity contribution in [2.24, 2.45) is 0 Å². The van der Waals surface area contributed by atoms with E-state index >= 15 is 0 Å². The van der Waals surface area contributed by atoms with Crippen molar-refractivity contribution in [3.8, 4) is 0 Å². The van der Waals surface area contributed by atoms with E-state index < -0.39 is 0 Å². The van der Waals surface area contributed by atoms with Gasteiger partial charge >= 0.3 is 0 Å². The Kier molecular flexibility index (Phi) is 1.60. The lowest BCUT2D eigenvalue weighted by Gasteiger charge is -2.33. The predicted molar refractivity (Wildman–Crippen MR) is 46.3 cm³/mol. The average molecular weight is 182 g/mol. The molecular formula is C9H14N2O2. The molecule has 0 spiro atoms. The van der Waals surface area contributed by atoms with Crippen LogP contribution in [0, 0.1) is 0 Å². The van der Waals surface area contributed by atoms with Gasteiger partial charge in [-0.05, 0) is 12.8 Å². The quantitative estimate of drug-likeness (QED) is 0.548. The maximum absolute atomic E-state index is 11.5. The zero-order valence-corrected chi connectivity index (χ0v) is 7.53. The van der Waals surface area contributed by atoms with Gasteiger partial charge in [-0.2, -0.15) is 0 Å². The highest BCUT2D eigenvalue weighted by Crippen LogP contribution is 2.40. The predicted octanol–water partition coefficient (Wildman–Crippen LogP) is -0.652. The normalized spacial score (nSPS) is 43.5. The number of hydrogen-bond acceptors (Lipinski definition) is 3. The van der Waals surface area contributed by atoms with E-state index in [0.717, 1.165) is 25.9 Å². The van der Waals surface area contributed by atoms with E-state index in [4.69, 9.17) is 4.74 Å². The van der Waals surface area contributed by atoms with Crippen LogP contribution >= 0.6 is 0 Å². The first-order valence-electron chi connectivity index (χ1n) is 5.00. The van der Waals surface area contributed by atoms with Gasteiger partial charge in [-0.15, -0.1) is 0 Å². The fraction of sp³-hybridized carbons (Fsp3) is 0.889. The second kappa shape index (κ2) is 2.69. The summed E-state index contributed by atoms with van der Waals surface area (Å²) >= 11 is 0. The molecule has 2 unspecified atom stereocenters. The highest BCUT2D eigenvalue weighted by Gasteiger charge is 2.50. The third-order valence-electron chi connectivity index (χ3n) is 3.26. The smallest absolute Gasteiger partial charge is 0.236 e. The summed E-state index contributed by atoms with van der Waals surface area (Å²) in [6.07, 6.45) is 3.09. The molecule has 2 heterocycles. The van der Waals surface area contributed by atoms with Gasteiger partial charge in [-0.25, -0.2) is 0 Å². The fourth-order valence-electron chi connectivity index (χ4n) is 2.49. The standard InChI is InChI=1S/C9H14N2O2/c12-9-5-10-1-2-11(9)6-3-7-8(4-6)13-7/h6-8,10H,1-5H2. The van der Waals surface area contributed by atoms with Crippen LogP contribution in [-0.4, -0.2) is 48.7 Å². The van der Waals surface area contributed by atoms with Crippen molar-refractivity contribution < 1.29 is 9.53 Å². The molecule has 1 amide bonds. The molecule has 0 aromatic rings. The lowest BCUT2D eigenvalue weighted by atomic mass is 10.1. The van der Waals surface area contributed by atoms with E-state index in [0.29, 0.717) is 24.8 Å². The molecular weight excluding hydrogens is 168 g/mol. The molecule has 2 saturated heterocycles. The van der Waals surface area contributed by atoms with E-state index in [1.54, 1.807) is 0 Å². The second-order valence-electron chi connectivity index (χ2n) is 4.10. The summed E-state index contributed by atoms with van der Waals surface area (Å²) in [6.45, 7) is 2.34. The molecule has 2 aliphatic heterocycles. The first-order valence-corrected chi connectivity index (χ1v) is 5.00. The van der Waals surface area contributed by atoms with Crippen molar-refractivity contribution in [1.82, 2.24) is 10.2 Å². The van der Waals surface area contributed by atoms with Gasteiger partial charge in [0.2, 0.25) is 5.91 Å². The van der Waals surface area contributed by atoms with Gasteiger partial charge in [-0.1, -0.05) is 0 Å². The number of hydrogen-bond donors (Lipinski definition) is 1. The van der Waals surface area contributed by atoms with Gasteiger partial charge in [0, 0.05) is 19.1 Å². The molecule has 2 atom stereocenters. The highest BCUT2D eigenvalue weighted by atomic mass is 16.6. The number of nitrogens with one attached hydrogen (secondary N) is 1. The van der Waals surface area contributed by atoms with Crippen molar-refractivity contribution in [1.29, 1.82) is 0 Å². The Labute approximate surface area is 77.2 Å². The van der Waals surface area contributed by atoms with Crippen molar-refractivity contribution in [2.75, 3.05) is 19.6 Å². The number of epoxide rings is 1. The Hall–Kier alpha value is -0.610. The SMILES string of the molecule is O=C1CNCCN1C1CC2OC2C1. The van der Waals surface area contributed by atoms with Crippen LogP contribution in [0.3, 0.4) is 0 Å². The Bertz CT molecular complexity index is 234. The van der Waals surface area contributed by atoms with Gasteiger partial charge in [0.1, 0.15) is 0 Å². The highest BCUT2D eigenvalue weighted by molar-refractivity contribution is 5.79. The third-order valence-corrected chi connectivity index (χ3v) is 3.26. The second-order valence-corrected chi connectivity index (χ2v) is 4.10. The lowest BCUT2D eigenvalue weighted by molar-refractivity contribution is -0.134. The molecule has 0 aromatic carbocycles. The molecule has 13 heavy (non-hydrogen) atoms. The number of ether oxygens (including phenoxy) is 1. The topological polar surface area (TPSA) is 44.9 Å². The molecule has 3 fully saturated rings. The number of piperazine rings is 1. The number of carbonyl (C=O) groups is 1. The van der Waals surface area contributed by atoms with E-state index in [9.17, 15) is 4.79 Å². The summed E-state index contributed by atoms with van der Waals surface area (Å²) in [6, 6.07) is 0.471. The Morgan fingerprint density at radius 2 is 2.15 bits per heavy atom. The molecule has 1 N–H and O–H groups in total. The van der Waals surface area contributed by atoms with Crippen molar-refractivity contribution in [2.45, 2.75) is 31.1 Å². The maximum Gasteiger partial charge on any atom is 0.236 e. The minimum absolute atomic E-state index is 0.262. The molecule has 3 aliphatic rings. The molecule has 3 rings (SSSR count). The van der Waals surface area contributed by atoms with Gasteiger partial charge in [0.25, 0.3) is 0 Å². The first kappa shape index (κ1) is 7.76. The summed E-state index contributed by atoms with van der Waals surface area (Å²) in [5.74, 6) is 0.262. The van der Waals surface area contributed by atoms with Crippen molar-refractivity contribution in [3.05, 3.63) is 0 Å². The minimum atomic E-state index is 0.262. The van der Waals surface area contributed by atoms with Crippen molar-refractivity contribution >= 4 is 5.91 Å². The summed E-state index contributed by atoms with van der Waals surface area (Å²) < 4.78 is 5.36. The average Bonchev–Trinajstić information content (AvgIpc) is 2.75. The number of fused-ring (bicyclic) bond motifs is 1. The number of nitrogens with zero attached hydrogens (tertiary/aromatic N) is 1. The third kappa shape index (κ3) is 1.25. The van der Waals surface area contributed by atoms with E-state index in [1.807, 2.05) is 4.90 Å². The van der Waals surface area contributed by atoms with Crippen LogP contribution in [0.5, 0.6) is 0 Å². The molecule has 0 bridgehead atoms. The van der Waals surface area contributed by atoms with Gasteiger partial charge in [0.15, 0.2) is 0 Å². The van der Waals surface area contributed by atoms with E-state index in [1.165, 1.54) is 0 Å². The number of rotatable bonds is 1. The molecule has 1 saturated carbocycles. The van der Waals surface area contributed by atoms with Crippen LogP contribution in [0.25, 0.3) is 0 Å². The fourth-order valence-corrected chi connectivity index (χ4v) is 2.49. The summed E-state index contributed by atoms with van der Waals surface area (Å²) in [5.41, 5.74) is 0. The van der Waals surface area contributed by atoms with Gasteiger partial charge in [-0.3, -0.25) is 4.79 Å². The largest absolute Gasteiger partial charge is 0.369 e. The number of carbonyl (C=O) groups excluding carboxylic acids is 1. The summed E-state index contributed by atoms with van der Waals surface area (Å²) in [5, 5.41) is 3.09. The van der Waals surface area contributed by atoms with Gasteiger partial charge < -0.3 is 15.0 Å². The Morgan fingerprint density at radius 1 is 1.38 bits per heavy atom. The van der Waals surface area contributed by atoms with E-state index in [2.05, 4.69) is 5.32 Å². The molecule has 4 nitrogen and oxygen atoms in total. The van der Waals surface area contributed by atoms with Crippen LogP contribution in [0.4, 0.5) is 0 Å². The van der Waals surface area contributed by atoms with Gasteiger partial charge in [0.05, 0.1) is 18.8 Å². The minimum Gasteiger partial charge on any atom is -0.369 e. The van der Waals surface area contributed by atoms with Crippen LogP contribution in [0.2, 0.25) is 0 Å². The zero-order chi connectivity index (χ0) is 8.84.